The minimum Gasteiger partial charge on any atom is -0.396 e. The van der Waals surface area contributed by atoms with E-state index in [0.717, 1.165) is 6.42 Å². The molecule has 0 aromatic heterocycles. The van der Waals surface area contributed by atoms with Gasteiger partial charge in [0.15, 0.2) is 0 Å². The van der Waals surface area contributed by atoms with Crippen LogP contribution < -0.4 is 10.6 Å². The summed E-state index contributed by atoms with van der Waals surface area (Å²) in [5.74, 6) is -0.978. The fourth-order valence-electron chi connectivity index (χ4n) is 5.39. The van der Waals surface area contributed by atoms with Crippen LogP contribution in [0.15, 0.2) is 0 Å². The molecule has 35 heavy (non-hydrogen) atoms. The Bertz CT molecular complexity index is 657. The zero-order valence-corrected chi connectivity index (χ0v) is 23.0. The maximum atomic E-state index is 12.6. The van der Waals surface area contributed by atoms with Crippen LogP contribution in [0.4, 0.5) is 4.79 Å². The topological polar surface area (TPSA) is 163 Å². The summed E-state index contributed by atoms with van der Waals surface area (Å²) < 4.78 is 0. The van der Waals surface area contributed by atoms with E-state index in [1.807, 2.05) is 34.6 Å². The summed E-state index contributed by atoms with van der Waals surface area (Å²) in [6.07, 6.45) is -3.84. The minimum absolute atomic E-state index is 0.00849. The molecule has 0 aliphatic heterocycles. The third-order valence-corrected chi connectivity index (χ3v) is 6.98. The summed E-state index contributed by atoms with van der Waals surface area (Å²) in [6, 6.07) is -1.15. The number of nitrogens with one attached hydrogen (secondary N) is 2. The van der Waals surface area contributed by atoms with Gasteiger partial charge in [0.05, 0.1) is 30.5 Å². The first kappa shape index (κ1) is 32.1. The Hall–Kier alpha value is -0.970. The van der Waals surface area contributed by atoms with Crippen molar-refractivity contribution in [3.05, 3.63) is 0 Å². The van der Waals surface area contributed by atoms with Crippen molar-refractivity contribution >= 4 is 6.03 Å². The molecule has 8 unspecified atom stereocenters. The fraction of sp³-hybridized carbons (Fsp3) is 0.962. The number of amides is 2. The minimum atomic E-state index is -1.37. The molecular formula is C26H52N2O7. The smallest absolute Gasteiger partial charge is 0.315 e. The number of hydrogen-bond donors (Lipinski definition) is 8. The lowest BCUT2D eigenvalue weighted by atomic mass is 9.71. The average molecular weight is 505 g/mol. The van der Waals surface area contributed by atoms with Crippen molar-refractivity contribution in [3.8, 4) is 0 Å². The third kappa shape index (κ3) is 10.5. The van der Waals surface area contributed by atoms with E-state index < -0.39 is 65.4 Å². The third-order valence-electron chi connectivity index (χ3n) is 6.98. The van der Waals surface area contributed by atoms with Crippen LogP contribution in [0.2, 0.25) is 0 Å². The monoisotopic (exact) mass is 504 g/mol. The first-order valence-corrected chi connectivity index (χ1v) is 12.9. The lowest BCUT2D eigenvalue weighted by Crippen LogP contribution is -2.54. The van der Waals surface area contributed by atoms with E-state index in [-0.39, 0.29) is 24.9 Å². The molecule has 0 aromatic carbocycles. The molecule has 0 radical (unpaired) electrons. The normalized spacial score (nSPS) is 28.8. The van der Waals surface area contributed by atoms with Crippen molar-refractivity contribution < 1.29 is 35.4 Å². The van der Waals surface area contributed by atoms with E-state index in [0.29, 0.717) is 12.8 Å². The zero-order valence-electron chi connectivity index (χ0n) is 23.0. The SMILES string of the molecule is CC(C)(C)CC(C)(C)C(O)CC(O)C(CCC1CC(CO)C(O)C(O)C1O)NC(=O)NC(C)(C)C. The Kier molecular flexibility index (Phi) is 11.5. The number of aliphatic hydroxyl groups excluding tert-OH is 6. The largest absolute Gasteiger partial charge is 0.396 e. The molecule has 0 saturated heterocycles. The highest BCUT2D eigenvalue weighted by molar-refractivity contribution is 5.75. The van der Waals surface area contributed by atoms with Gasteiger partial charge in [-0.2, -0.15) is 0 Å². The van der Waals surface area contributed by atoms with E-state index >= 15 is 0 Å². The summed E-state index contributed by atoms with van der Waals surface area (Å²) in [5.41, 5.74) is -0.945. The first-order valence-electron chi connectivity index (χ1n) is 12.9. The molecule has 9 heteroatoms. The maximum absolute atomic E-state index is 12.6. The highest BCUT2D eigenvalue weighted by atomic mass is 16.4. The number of aliphatic hydroxyl groups is 6. The van der Waals surface area contributed by atoms with Gasteiger partial charge in [-0.1, -0.05) is 34.6 Å². The van der Waals surface area contributed by atoms with E-state index in [9.17, 15) is 35.4 Å². The van der Waals surface area contributed by atoms with E-state index in [4.69, 9.17) is 0 Å². The standard InChI is InChI=1S/C26H52N2O7/c1-24(2,3)14-26(7,8)19(31)12-18(30)17(27-23(35)28-25(4,5)6)10-9-15-11-16(13-29)21(33)22(34)20(15)32/h15-22,29-34H,9-14H2,1-8H3,(H2,27,28,35). The van der Waals surface area contributed by atoms with Crippen molar-refractivity contribution in [2.24, 2.45) is 22.7 Å². The van der Waals surface area contributed by atoms with Crippen molar-refractivity contribution in [3.63, 3.8) is 0 Å². The second-order valence-electron chi connectivity index (χ2n) is 13.5. The van der Waals surface area contributed by atoms with Gasteiger partial charge < -0.3 is 41.3 Å². The van der Waals surface area contributed by atoms with Crippen molar-refractivity contribution in [2.75, 3.05) is 6.61 Å². The quantitative estimate of drug-likeness (QED) is 0.224. The van der Waals surface area contributed by atoms with Gasteiger partial charge in [0.2, 0.25) is 0 Å². The summed E-state index contributed by atoms with van der Waals surface area (Å²) in [4.78, 5) is 12.6. The first-order chi connectivity index (χ1) is 15.8. The number of urea groups is 1. The van der Waals surface area contributed by atoms with Gasteiger partial charge in [0.1, 0.15) is 6.10 Å². The summed E-state index contributed by atoms with van der Waals surface area (Å²) in [5, 5.41) is 68.0. The predicted molar refractivity (Wildman–Crippen MR) is 136 cm³/mol. The number of rotatable bonds is 10. The van der Waals surface area contributed by atoms with Crippen LogP contribution in [-0.4, -0.2) is 85.4 Å². The Morgan fingerprint density at radius 2 is 1.46 bits per heavy atom. The molecule has 1 fully saturated rings. The molecule has 0 aromatic rings. The zero-order chi connectivity index (χ0) is 27.4. The molecule has 0 bridgehead atoms. The van der Waals surface area contributed by atoms with Gasteiger partial charge in [-0.05, 0) is 63.2 Å². The number of hydrogen-bond acceptors (Lipinski definition) is 7. The predicted octanol–water partition coefficient (Wildman–Crippen LogP) is 1.52. The van der Waals surface area contributed by atoms with Gasteiger partial charge in [0, 0.05) is 24.5 Å². The van der Waals surface area contributed by atoms with E-state index in [2.05, 4.69) is 31.4 Å². The number of carbonyl (C=O) groups excluding carboxylic acids is 1. The fourth-order valence-corrected chi connectivity index (χ4v) is 5.39. The summed E-state index contributed by atoms with van der Waals surface area (Å²) in [6.45, 7) is 15.4. The van der Waals surface area contributed by atoms with E-state index in [1.165, 1.54) is 0 Å². The Labute approximate surface area is 211 Å². The van der Waals surface area contributed by atoms with Crippen LogP contribution in [0.25, 0.3) is 0 Å². The van der Waals surface area contributed by atoms with Gasteiger partial charge in [-0.3, -0.25) is 0 Å². The summed E-state index contributed by atoms with van der Waals surface area (Å²) >= 11 is 0. The Morgan fingerprint density at radius 1 is 0.914 bits per heavy atom. The molecule has 208 valence electrons. The Balaban J connectivity index is 2.97. The van der Waals surface area contributed by atoms with Crippen LogP contribution in [0, 0.1) is 22.7 Å². The molecular weight excluding hydrogens is 452 g/mol. The van der Waals surface area contributed by atoms with Crippen molar-refractivity contribution in [1.29, 1.82) is 0 Å². The van der Waals surface area contributed by atoms with Crippen molar-refractivity contribution in [2.45, 2.75) is 130 Å². The molecule has 0 spiro atoms. The van der Waals surface area contributed by atoms with Crippen LogP contribution in [0.1, 0.15) is 87.5 Å². The van der Waals surface area contributed by atoms with Crippen LogP contribution in [-0.2, 0) is 0 Å². The van der Waals surface area contributed by atoms with Gasteiger partial charge in [-0.25, -0.2) is 4.79 Å². The van der Waals surface area contributed by atoms with Crippen LogP contribution in [0.5, 0.6) is 0 Å². The molecule has 9 nitrogen and oxygen atoms in total. The second kappa shape index (κ2) is 12.5. The van der Waals surface area contributed by atoms with Crippen molar-refractivity contribution in [1.82, 2.24) is 10.6 Å². The maximum Gasteiger partial charge on any atom is 0.315 e. The van der Waals surface area contributed by atoms with Gasteiger partial charge >= 0.3 is 6.03 Å². The highest BCUT2D eigenvalue weighted by Gasteiger charge is 2.42. The molecule has 1 aliphatic rings. The van der Waals surface area contributed by atoms with Gasteiger partial charge in [0.25, 0.3) is 0 Å². The van der Waals surface area contributed by atoms with Crippen LogP contribution >= 0.6 is 0 Å². The molecule has 1 aliphatic carbocycles. The highest BCUT2D eigenvalue weighted by Crippen LogP contribution is 2.38. The molecule has 1 saturated carbocycles. The second-order valence-corrected chi connectivity index (χ2v) is 13.5. The molecule has 8 atom stereocenters. The lowest BCUT2D eigenvalue weighted by molar-refractivity contribution is -0.143. The van der Waals surface area contributed by atoms with Crippen LogP contribution in [0.3, 0.4) is 0 Å². The Morgan fingerprint density at radius 3 is 1.94 bits per heavy atom. The lowest BCUT2D eigenvalue weighted by Gasteiger charge is -2.41. The summed E-state index contributed by atoms with van der Waals surface area (Å²) in [7, 11) is 0. The molecule has 8 N–H and O–H groups in total. The molecule has 0 heterocycles. The molecule has 2 amide bonds. The number of carbonyl (C=O) groups is 1. The van der Waals surface area contributed by atoms with E-state index in [1.54, 1.807) is 0 Å². The molecule has 1 rings (SSSR count). The average Bonchev–Trinajstić information content (AvgIpc) is 2.67. The van der Waals surface area contributed by atoms with Gasteiger partial charge in [-0.15, -0.1) is 0 Å².